The second-order valence-electron chi connectivity index (χ2n) is 9.72. The maximum absolute atomic E-state index is 13.7. The molecule has 0 bridgehead atoms. The number of carbonyl (C=O) groups is 2. The fourth-order valence-electron chi connectivity index (χ4n) is 3.41. The number of aryl methyl sites for hydroxylation is 1. The number of amides is 2. The zero-order chi connectivity index (χ0) is 27.4. The SMILES string of the molecule is COc1ccc(COC[C@@H](N)[C@H](O)C(=O)NCC(C)(C)CNC(=O)CCCc2cc(F)ccc2F)cc1. The van der Waals surface area contributed by atoms with Gasteiger partial charge in [0.2, 0.25) is 5.91 Å². The van der Waals surface area contributed by atoms with Crippen LogP contribution in [-0.2, 0) is 27.4 Å². The van der Waals surface area contributed by atoms with Gasteiger partial charge in [-0.3, -0.25) is 9.59 Å². The van der Waals surface area contributed by atoms with E-state index >= 15 is 0 Å². The van der Waals surface area contributed by atoms with Crippen molar-refractivity contribution in [2.75, 3.05) is 26.8 Å². The van der Waals surface area contributed by atoms with E-state index in [1.807, 2.05) is 26.0 Å². The molecule has 0 heterocycles. The zero-order valence-corrected chi connectivity index (χ0v) is 21.6. The molecule has 8 nitrogen and oxygen atoms in total. The van der Waals surface area contributed by atoms with E-state index in [1.54, 1.807) is 19.2 Å². The van der Waals surface area contributed by atoms with Crippen LogP contribution in [0.5, 0.6) is 5.75 Å². The van der Waals surface area contributed by atoms with Crippen molar-refractivity contribution in [3.05, 3.63) is 65.2 Å². The second kappa shape index (κ2) is 14.6. The first-order chi connectivity index (χ1) is 17.5. The number of carbonyl (C=O) groups excluding carboxylic acids is 2. The van der Waals surface area contributed by atoms with Crippen molar-refractivity contribution < 1.29 is 33.0 Å². The highest BCUT2D eigenvalue weighted by Crippen LogP contribution is 2.15. The van der Waals surface area contributed by atoms with Crippen molar-refractivity contribution in [1.82, 2.24) is 10.6 Å². The Balaban J connectivity index is 1.65. The summed E-state index contributed by atoms with van der Waals surface area (Å²) in [5.74, 6) is -1.14. The fraction of sp³-hybridized carbons (Fsp3) is 0.481. The summed E-state index contributed by atoms with van der Waals surface area (Å²) < 4.78 is 37.5. The molecule has 0 aliphatic heterocycles. The van der Waals surface area contributed by atoms with Crippen molar-refractivity contribution in [1.29, 1.82) is 0 Å². The first kappa shape index (κ1) is 30.1. The fourth-order valence-corrected chi connectivity index (χ4v) is 3.41. The van der Waals surface area contributed by atoms with Crippen LogP contribution >= 0.6 is 0 Å². The van der Waals surface area contributed by atoms with Gasteiger partial charge in [-0.1, -0.05) is 26.0 Å². The molecule has 204 valence electrons. The summed E-state index contributed by atoms with van der Waals surface area (Å²) in [7, 11) is 1.58. The minimum absolute atomic E-state index is 0.0143. The van der Waals surface area contributed by atoms with Crippen LogP contribution in [0.15, 0.2) is 42.5 Å². The summed E-state index contributed by atoms with van der Waals surface area (Å²) in [6, 6.07) is 9.64. The smallest absolute Gasteiger partial charge is 0.250 e. The number of methoxy groups -OCH3 is 1. The van der Waals surface area contributed by atoms with Gasteiger partial charge in [-0.2, -0.15) is 0 Å². The summed E-state index contributed by atoms with van der Waals surface area (Å²) >= 11 is 0. The highest BCUT2D eigenvalue weighted by molar-refractivity contribution is 5.81. The molecule has 0 aliphatic carbocycles. The number of benzene rings is 2. The van der Waals surface area contributed by atoms with E-state index in [9.17, 15) is 23.5 Å². The molecule has 10 heteroatoms. The molecule has 5 N–H and O–H groups in total. The molecular formula is C27H37F2N3O5. The van der Waals surface area contributed by atoms with Crippen molar-refractivity contribution >= 4 is 11.8 Å². The predicted octanol–water partition coefficient (Wildman–Crippen LogP) is 2.46. The molecule has 37 heavy (non-hydrogen) atoms. The Morgan fingerprint density at radius 1 is 1.08 bits per heavy atom. The lowest BCUT2D eigenvalue weighted by Crippen LogP contribution is -2.51. The summed E-state index contributed by atoms with van der Waals surface area (Å²) in [6.45, 7) is 4.42. The number of aliphatic hydroxyl groups excluding tert-OH is 1. The quantitative estimate of drug-likeness (QED) is 0.286. The van der Waals surface area contributed by atoms with Gasteiger partial charge in [0.15, 0.2) is 0 Å². The van der Waals surface area contributed by atoms with Gasteiger partial charge >= 0.3 is 0 Å². The molecule has 0 spiro atoms. The van der Waals surface area contributed by atoms with E-state index in [0.29, 0.717) is 6.42 Å². The molecule has 2 aromatic rings. The third-order valence-corrected chi connectivity index (χ3v) is 5.78. The number of nitrogens with one attached hydrogen (secondary N) is 2. The number of halogens is 2. The van der Waals surface area contributed by atoms with Gasteiger partial charge < -0.3 is 30.9 Å². The van der Waals surface area contributed by atoms with Crippen molar-refractivity contribution in [2.45, 2.75) is 51.9 Å². The molecule has 0 radical (unpaired) electrons. The van der Waals surface area contributed by atoms with E-state index in [0.717, 1.165) is 29.5 Å². The Bertz CT molecular complexity index is 1020. The van der Waals surface area contributed by atoms with Gasteiger partial charge in [0, 0.05) is 19.5 Å². The lowest BCUT2D eigenvalue weighted by atomic mass is 9.93. The highest BCUT2D eigenvalue weighted by atomic mass is 19.1. The Morgan fingerprint density at radius 3 is 2.43 bits per heavy atom. The van der Waals surface area contributed by atoms with Crippen LogP contribution in [0.3, 0.4) is 0 Å². The van der Waals surface area contributed by atoms with Crippen molar-refractivity contribution in [3.8, 4) is 5.75 Å². The minimum atomic E-state index is -1.45. The second-order valence-corrected chi connectivity index (χ2v) is 9.72. The number of aliphatic hydroxyl groups is 1. The van der Waals surface area contributed by atoms with E-state index in [-0.39, 0.29) is 50.6 Å². The summed E-state index contributed by atoms with van der Waals surface area (Å²) in [5.41, 5.74) is 6.54. The van der Waals surface area contributed by atoms with Crippen LogP contribution in [0.4, 0.5) is 8.78 Å². The van der Waals surface area contributed by atoms with Crippen LogP contribution < -0.4 is 21.1 Å². The topological polar surface area (TPSA) is 123 Å². The molecule has 2 atom stereocenters. The minimum Gasteiger partial charge on any atom is -0.497 e. The average Bonchev–Trinajstić information content (AvgIpc) is 2.88. The van der Waals surface area contributed by atoms with Crippen LogP contribution in [0.2, 0.25) is 0 Å². The first-order valence-corrected chi connectivity index (χ1v) is 12.1. The number of ether oxygens (including phenoxy) is 2. The summed E-state index contributed by atoms with van der Waals surface area (Å²) in [5, 5.41) is 15.7. The summed E-state index contributed by atoms with van der Waals surface area (Å²) in [4.78, 5) is 24.5. The first-order valence-electron chi connectivity index (χ1n) is 12.1. The number of hydrogen-bond acceptors (Lipinski definition) is 6. The number of rotatable bonds is 15. The van der Waals surface area contributed by atoms with E-state index in [1.165, 1.54) is 0 Å². The lowest BCUT2D eigenvalue weighted by molar-refractivity contribution is -0.131. The number of hydrogen-bond donors (Lipinski definition) is 4. The maximum Gasteiger partial charge on any atom is 0.250 e. The predicted molar refractivity (Wildman–Crippen MR) is 136 cm³/mol. The van der Waals surface area contributed by atoms with Crippen molar-refractivity contribution in [3.63, 3.8) is 0 Å². The van der Waals surface area contributed by atoms with Gasteiger partial charge in [-0.15, -0.1) is 0 Å². The van der Waals surface area contributed by atoms with Crippen LogP contribution in [0, 0.1) is 17.0 Å². The average molecular weight is 522 g/mol. The monoisotopic (exact) mass is 521 g/mol. The van der Waals surface area contributed by atoms with Crippen LogP contribution in [0.1, 0.15) is 37.8 Å². The summed E-state index contributed by atoms with van der Waals surface area (Å²) in [6.07, 6.45) is -0.681. The molecule has 0 unspecified atom stereocenters. The Morgan fingerprint density at radius 2 is 1.76 bits per heavy atom. The van der Waals surface area contributed by atoms with Crippen molar-refractivity contribution in [2.24, 2.45) is 11.1 Å². The van der Waals surface area contributed by atoms with Crippen LogP contribution in [-0.4, -0.2) is 55.9 Å². The van der Waals surface area contributed by atoms with Gasteiger partial charge in [0.05, 0.1) is 26.4 Å². The highest BCUT2D eigenvalue weighted by Gasteiger charge is 2.26. The third kappa shape index (κ3) is 10.8. The number of nitrogens with two attached hydrogens (primary N) is 1. The Kier molecular flexibility index (Phi) is 11.9. The molecular weight excluding hydrogens is 484 g/mol. The zero-order valence-electron chi connectivity index (χ0n) is 21.6. The van der Waals surface area contributed by atoms with Gasteiger partial charge in [0.25, 0.3) is 5.91 Å². The Hall–Kier alpha value is -3.08. The standard InChI is InChI=1S/C27H37F2N3O5/c1-27(2,16-31-24(33)6-4-5-19-13-20(28)9-12-22(19)29)17-32-26(35)25(34)23(30)15-37-14-18-7-10-21(36-3)11-8-18/h7-13,23,25,34H,4-6,14-17,30H2,1-3H3,(H,31,33)(H,32,35)/t23-,25+/m1/s1. The van der Waals surface area contributed by atoms with E-state index in [2.05, 4.69) is 10.6 Å². The molecule has 2 aromatic carbocycles. The molecule has 0 saturated carbocycles. The van der Waals surface area contributed by atoms with Crippen LogP contribution in [0.25, 0.3) is 0 Å². The van der Waals surface area contributed by atoms with Gasteiger partial charge in [-0.05, 0) is 59.7 Å². The van der Waals surface area contributed by atoms with Gasteiger partial charge in [0.1, 0.15) is 23.5 Å². The largest absolute Gasteiger partial charge is 0.497 e. The molecule has 2 amide bonds. The van der Waals surface area contributed by atoms with Gasteiger partial charge in [-0.25, -0.2) is 8.78 Å². The molecule has 2 rings (SSSR count). The molecule has 0 aromatic heterocycles. The lowest BCUT2D eigenvalue weighted by Gasteiger charge is -2.27. The normalized spacial score (nSPS) is 13.1. The Labute approximate surface area is 216 Å². The van der Waals surface area contributed by atoms with E-state index < -0.39 is 35.1 Å². The molecule has 0 saturated heterocycles. The maximum atomic E-state index is 13.7. The molecule has 0 fully saturated rings. The van der Waals surface area contributed by atoms with E-state index in [4.69, 9.17) is 15.2 Å². The molecule has 0 aliphatic rings. The third-order valence-electron chi connectivity index (χ3n) is 5.78.